The first-order chi connectivity index (χ1) is 11.8. The number of carbonyl (C=O) groups is 2. The molecule has 0 saturated carbocycles. The van der Waals surface area contributed by atoms with E-state index >= 15 is 0 Å². The molecule has 0 aromatic rings. The van der Waals surface area contributed by atoms with Crippen LogP contribution in [0.1, 0.15) is 65.7 Å². The van der Waals surface area contributed by atoms with Crippen LogP contribution < -0.4 is 0 Å². The quantitative estimate of drug-likeness (QED) is 0.776. The molecule has 0 N–H and O–H groups in total. The van der Waals surface area contributed by atoms with Crippen LogP contribution in [0.2, 0.25) is 0 Å². The fourth-order valence-corrected chi connectivity index (χ4v) is 4.22. The number of ketones is 1. The molecule has 3 saturated heterocycles. The molecule has 3 aliphatic heterocycles. The molecule has 2 atom stereocenters. The number of fused-ring (bicyclic) bond motifs is 2. The van der Waals surface area contributed by atoms with Gasteiger partial charge in [-0.3, -0.25) is 4.79 Å². The van der Waals surface area contributed by atoms with Crippen molar-refractivity contribution in [3.8, 4) is 0 Å². The highest BCUT2D eigenvalue weighted by Gasteiger charge is 2.46. The maximum absolute atomic E-state index is 12.6. The summed E-state index contributed by atoms with van der Waals surface area (Å²) in [6.45, 7) is 7.10. The summed E-state index contributed by atoms with van der Waals surface area (Å²) in [4.78, 5) is 27.0. The van der Waals surface area contributed by atoms with Crippen molar-refractivity contribution in [1.82, 2.24) is 4.90 Å². The molecule has 2 bridgehead atoms. The van der Waals surface area contributed by atoms with Gasteiger partial charge in [-0.2, -0.15) is 0 Å². The summed E-state index contributed by atoms with van der Waals surface area (Å²) in [6.07, 6.45) is 5.09. The first-order valence-corrected chi connectivity index (χ1v) is 9.61. The average Bonchev–Trinajstić information content (AvgIpc) is 2.82. The second-order valence-electron chi connectivity index (χ2n) is 8.47. The Bertz CT molecular complexity index is 481. The van der Waals surface area contributed by atoms with Crippen LogP contribution in [-0.4, -0.2) is 54.0 Å². The third-order valence-electron chi connectivity index (χ3n) is 5.32. The Balaban J connectivity index is 1.50. The minimum Gasteiger partial charge on any atom is -0.444 e. The number of rotatable bonds is 4. The van der Waals surface area contributed by atoms with Crippen molar-refractivity contribution in [2.45, 2.75) is 89.7 Å². The van der Waals surface area contributed by atoms with Crippen LogP contribution >= 0.6 is 0 Å². The number of piperidine rings is 1. The number of amides is 1. The van der Waals surface area contributed by atoms with Gasteiger partial charge >= 0.3 is 6.09 Å². The molecule has 0 aliphatic carbocycles. The fourth-order valence-electron chi connectivity index (χ4n) is 4.22. The first-order valence-electron chi connectivity index (χ1n) is 9.61. The van der Waals surface area contributed by atoms with Crippen molar-refractivity contribution in [2.24, 2.45) is 5.92 Å². The maximum atomic E-state index is 12.6. The number of hydrogen-bond donors (Lipinski definition) is 0. The van der Waals surface area contributed by atoms with Crippen LogP contribution in [0.25, 0.3) is 0 Å². The number of Topliss-reactive ketones (excluding diaryl/α,β-unsaturated/α-hetero) is 1. The van der Waals surface area contributed by atoms with Crippen LogP contribution in [0.4, 0.5) is 4.79 Å². The van der Waals surface area contributed by atoms with Crippen LogP contribution in [0.5, 0.6) is 0 Å². The van der Waals surface area contributed by atoms with E-state index in [1.54, 1.807) is 0 Å². The lowest BCUT2D eigenvalue weighted by molar-refractivity contribution is -0.182. The van der Waals surface area contributed by atoms with Gasteiger partial charge in [0.05, 0.1) is 13.2 Å². The van der Waals surface area contributed by atoms with Gasteiger partial charge in [-0.25, -0.2) is 4.79 Å². The molecule has 0 spiro atoms. The van der Waals surface area contributed by atoms with Gasteiger partial charge in [0.25, 0.3) is 0 Å². The number of ether oxygens (including phenoxy) is 3. The Kier molecular flexibility index (Phi) is 5.68. The molecule has 25 heavy (non-hydrogen) atoms. The van der Waals surface area contributed by atoms with Gasteiger partial charge in [0.1, 0.15) is 11.4 Å². The second kappa shape index (κ2) is 7.62. The largest absolute Gasteiger partial charge is 0.444 e. The molecule has 3 rings (SSSR count). The van der Waals surface area contributed by atoms with Gasteiger partial charge in [-0.05, 0) is 52.9 Å². The van der Waals surface area contributed by atoms with Crippen molar-refractivity contribution in [1.29, 1.82) is 0 Å². The fraction of sp³-hybridized carbons (Fsp3) is 0.895. The molecule has 6 heteroatoms. The van der Waals surface area contributed by atoms with E-state index in [2.05, 4.69) is 0 Å². The Morgan fingerprint density at radius 3 is 2.24 bits per heavy atom. The summed E-state index contributed by atoms with van der Waals surface area (Å²) in [7, 11) is 0. The molecule has 0 aromatic heterocycles. The van der Waals surface area contributed by atoms with Gasteiger partial charge in [0.15, 0.2) is 6.29 Å². The summed E-state index contributed by atoms with van der Waals surface area (Å²) in [5.74, 6) is 0.346. The molecule has 142 valence electrons. The number of nitrogens with zero attached hydrogens (tertiary/aromatic N) is 1. The van der Waals surface area contributed by atoms with Crippen molar-refractivity contribution < 1.29 is 23.8 Å². The highest BCUT2D eigenvalue weighted by atomic mass is 16.7. The van der Waals surface area contributed by atoms with Crippen LogP contribution in [0.15, 0.2) is 0 Å². The van der Waals surface area contributed by atoms with Crippen molar-refractivity contribution in [2.75, 3.05) is 13.2 Å². The molecular formula is C19H31NO5. The van der Waals surface area contributed by atoms with E-state index in [0.717, 1.165) is 45.3 Å². The minimum atomic E-state index is -0.483. The van der Waals surface area contributed by atoms with E-state index in [0.29, 0.717) is 18.6 Å². The minimum absolute atomic E-state index is 0.0553. The van der Waals surface area contributed by atoms with Gasteiger partial charge in [-0.15, -0.1) is 0 Å². The summed E-state index contributed by atoms with van der Waals surface area (Å²) in [5.41, 5.74) is -0.483. The van der Waals surface area contributed by atoms with E-state index in [9.17, 15) is 9.59 Å². The predicted molar refractivity (Wildman–Crippen MR) is 92.2 cm³/mol. The highest BCUT2D eigenvalue weighted by Crippen LogP contribution is 2.40. The van der Waals surface area contributed by atoms with Crippen molar-refractivity contribution in [3.63, 3.8) is 0 Å². The van der Waals surface area contributed by atoms with Gasteiger partial charge in [0.2, 0.25) is 0 Å². The van der Waals surface area contributed by atoms with Gasteiger partial charge in [0, 0.05) is 30.8 Å². The standard InChI is InChI=1S/C19H31NO5/c1-19(2,3)25-18(22)20-14-5-6-15(20)12-13(11-14)16(21)7-8-17-23-9-4-10-24-17/h13-15,17H,4-12H2,1-3H3. The van der Waals surface area contributed by atoms with E-state index in [-0.39, 0.29) is 30.4 Å². The van der Waals surface area contributed by atoms with Crippen LogP contribution in [0.3, 0.4) is 0 Å². The van der Waals surface area contributed by atoms with E-state index < -0.39 is 5.60 Å². The van der Waals surface area contributed by atoms with Crippen LogP contribution in [-0.2, 0) is 19.0 Å². The SMILES string of the molecule is CC(C)(C)OC(=O)N1C2CCC1CC(C(=O)CCC1OCCCO1)C2. The monoisotopic (exact) mass is 353 g/mol. The Hall–Kier alpha value is -1.14. The lowest BCUT2D eigenvalue weighted by Gasteiger charge is -2.39. The van der Waals surface area contributed by atoms with Gasteiger partial charge < -0.3 is 19.1 Å². The van der Waals surface area contributed by atoms with E-state index in [1.165, 1.54) is 0 Å². The van der Waals surface area contributed by atoms with Gasteiger partial charge in [-0.1, -0.05) is 0 Å². The maximum Gasteiger partial charge on any atom is 0.410 e. The molecule has 1 amide bonds. The second-order valence-corrected chi connectivity index (χ2v) is 8.47. The van der Waals surface area contributed by atoms with E-state index in [1.807, 2.05) is 25.7 Å². The normalized spacial score (nSPS) is 30.4. The zero-order valence-electron chi connectivity index (χ0n) is 15.7. The molecule has 3 heterocycles. The third-order valence-corrected chi connectivity index (χ3v) is 5.32. The summed E-state index contributed by atoms with van der Waals surface area (Å²) < 4.78 is 16.6. The third kappa shape index (κ3) is 4.73. The predicted octanol–water partition coefficient (Wildman–Crippen LogP) is 3.28. The Morgan fingerprint density at radius 1 is 1.08 bits per heavy atom. The summed E-state index contributed by atoms with van der Waals surface area (Å²) >= 11 is 0. The topological polar surface area (TPSA) is 65.1 Å². The van der Waals surface area contributed by atoms with Crippen LogP contribution in [0, 0.1) is 5.92 Å². The molecule has 0 aromatic carbocycles. The van der Waals surface area contributed by atoms with Crippen molar-refractivity contribution in [3.05, 3.63) is 0 Å². The Morgan fingerprint density at radius 2 is 1.68 bits per heavy atom. The van der Waals surface area contributed by atoms with E-state index in [4.69, 9.17) is 14.2 Å². The van der Waals surface area contributed by atoms with Crippen molar-refractivity contribution >= 4 is 11.9 Å². The summed E-state index contributed by atoms with van der Waals surface area (Å²) in [5, 5.41) is 0. The lowest BCUT2D eigenvalue weighted by atomic mass is 9.86. The molecule has 2 unspecified atom stereocenters. The molecule has 0 radical (unpaired) electrons. The molecular weight excluding hydrogens is 322 g/mol. The zero-order chi connectivity index (χ0) is 18.0. The number of carbonyl (C=O) groups excluding carboxylic acids is 2. The zero-order valence-corrected chi connectivity index (χ0v) is 15.7. The lowest BCUT2D eigenvalue weighted by Crippen LogP contribution is -2.49. The summed E-state index contributed by atoms with van der Waals surface area (Å²) in [6, 6.07) is 0.287. The molecule has 6 nitrogen and oxygen atoms in total. The Labute approximate surface area is 150 Å². The molecule has 3 aliphatic rings. The molecule has 3 fully saturated rings. The average molecular weight is 353 g/mol. The number of hydrogen-bond acceptors (Lipinski definition) is 5. The first kappa shape index (κ1) is 18.6. The smallest absolute Gasteiger partial charge is 0.410 e. The highest BCUT2D eigenvalue weighted by molar-refractivity contribution is 5.81.